The molecule has 0 bridgehead atoms. The molecule has 1 aromatic carbocycles. The van der Waals surface area contributed by atoms with E-state index >= 15 is 0 Å². The van der Waals surface area contributed by atoms with Crippen molar-refractivity contribution in [2.45, 2.75) is 31.3 Å². The third-order valence-electron chi connectivity index (χ3n) is 5.62. The fourth-order valence-electron chi connectivity index (χ4n) is 3.74. The van der Waals surface area contributed by atoms with Crippen molar-refractivity contribution < 1.29 is 27.6 Å². The molecule has 0 atom stereocenters. The van der Waals surface area contributed by atoms with Crippen molar-refractivity contribution in [2.24, 2.45) is 12.1 Å². The Balaban J connectivity index is 1.38. The summed E-state index contributed by atoms with van der Waals surface area (Å²) in [5, 5.41) is 30.6. The van der Waals surface area contributed by atoms with Gasteiger partial charge in [0.2, 0.25) is 0 Å². The van der Waals surface area contributed by atoms with Crippen molar-refractivity contribution in [1.29, 1.82) is 0 Å². The van der Waals surface area contributed by atoms with E-state index in [1.54, 1.807) is 29.7 Å². The number of hydrogen-bond acceptors (Lipinski definition) is 10. The van der Waals surface area contributed by atoms with Gasteiger partial charge in [-0.3, -0.25) is 9.48 Å². The van der Waals surface area contributed by atoms with Crippen LogP contribution in [0.25, 0.3) is 11.5 Å². The summed E-state index contributed by atoms with van der Waals surface area (Å²) in [7, 11) is 2.88. The van der Waals surface area contributed by atoms with Gasteiger partial charge in [0.05, 0.1) is 43.0 Å². The Morgan fingerprint density at radius 3 is 2.66 bits per heavy atom. The topological polar surface area (TPSA) is 160 Å². The third-order valence-corrected chi connectivity index (χ3v) is 6.58. The lowest BCUT2D eigenvalue weighted by atomic mass is 10.1. The van der Waals surface area contributed by atoms with Crippen molar-refractivity contribution >= 4 is 29.7 Å². The number of hydrogen-bond donors (Lipinski definition) is 1. The van der Waals surface area contributed by atoms with E-state index in [4.69, 9.17) is 4.74 Å². The number of thioether (sulfide) groups is 1. The van der Waals surface area contributed by atoms with E-state index in [9.17, 15) is 28.1 Å². The van der Waals surface area contributed by atoms with E-state index in [1.807, 2.05) is 0 Å². The second-order valence-corrected chi connectivity index (χ2v) is 9.31. The monoisotopic (exact) mass is 592 g/mol. The number of aromatic nitrogens is 7. The number of alkyl halides is 3. The lowest BCUT2D eigenvalue weighted by Crippen LogP contribution is -2.20. The minimum atomic E-state index is -4.60. The molecule has 0 aliphatic heterocycles. The van der Waals surface area contributed by atoms with E-state index in [0.717, 1.165) is 22.5 Å². The normalized spacial score (nSPS) is 11.8. The second kappa shape index (κ2) is 12.2. The number of aryl methyl sites for hydroxylation is 1. The molecule has 0 fully saturated rings. The van der Waals surface area contributed by atoms with Crippen LogP contribution in [0.15, 0.2) is 46.8 Å². The predicted molar refractivity (Wildman–Crippen MR) is 140 cm³/mol. The van der Waals surface area contributed by atoms with Gasteiger partial charge >= 0.3 is 12.0 Å². The van der Waals surface area contributed by atoms with Crippen LogP contribution < -0.4 is 10.2 Å². The van der Waals surface area contributed by atoms with Gasteiger partial charge < -0.3 is 19.4 Å². The number of hydrazone groups is 1. The zero-order valence-electron chi connectivity index (χ0n) is 21.9. The van der Waals surface area contributed by atoms with Crippen molar-refractivity contribution in [2.75, 3.05) is 12.9 Å². The summed E-state index contributed by atoms with van der Waals surface area (Å²) < 4.78 is 48.6. The van der Waals surface area contributed by atoms with Crippen LogP contribution in [-0.2, 0) is 31.1 Å². The number of nitrogens with one attached hydrogen (secondary N) is 1. The van der Waals surface area contributed by atoms with Gasteiger partial charge in [0.25, 0.3) is 5.91 Å². The lowest BCUT2D eigenvalue weighted by Gasteiger charge is -2.08. The molecule has 0 spiro atoms. The molecule has 0 unspecified atom stereocenters. The maximum absolute atomic E-state index is 13.1. The number of nitrogens with zero attached hydrogens (tertiary/aromatic N) is 9. The summed E-state index contributed by atoms with van der Waals surface area (Å²) in [5.41, 5.74) is 2.81. The lowest BCUT2D eigenvalue weighted by molar-refractivity contribution is -0.389. The van der Waals surface area contributed by atoms with Crippen molar-refractivity contribution in [3.63, 3.8) is 0 Å². The number of benzene rings is 1. The van der Waals surface area contributed by atoms with Gasteiger partial charge in [0, 0.05) is 19.2 Å². The molecule has 41 heavy (non-hydrogen) atoms. The molecule has 0 aliphatic carbocycles. The highest BCUT2D eigenvalue weighted by Crippen LogP contribution is 2.32. The SMILES string of the molecule is CCn1c(SCC(=O)N/N=C/c2ccc(OC)c(Cn3ccc([N+](=O)[O-])n3)c2)nnc1-c1cc(C(F)(F)F)nn1C. The smallest absolute Gasteiger partial charge is 0.435 e. The fourth-order valence-corrected chi connectivity index (χ4v) is 4.53. The Hall–Kier alpha value is -4.74. The summed E-state index contributed by atoms with van der Waals surface area (Å²) >= 11 is 1.05. The van der Waals surface area contributed by atoms with Gasteiger partial charge in [-0.25, -0.2) is 5.43 Å². The van der Waals surface area contributed by atoms with E-state index in [2.05, 4.69) is 30.9 Å². The summed E-state index contributed by atoms with van der Waals surface area (Å²) in [6.45, 7) is 2.33. The Bertz CT molecular complexity index is 1590. The molecule has 0 saturated heterocycles. The Labute approximate surface area is 234 Å². The molecule has 14 nitrogen and oxygen atoms in total. The van der Waals surface area contributed by atoms with Crippen molar-refractivity contribution in [3.8, 4) is 17.3 Å². The van der Waals surface area contributed by atoms with E-state index < -0.39 is 22.7 Å². The molecule has 3 aromatic heterocycles. The number of halogens is 3. The second-order valence-electron chi connectivity index (χ2n) is 8.37. The Kier molecular flexibility index (Phi) is 8.70. The van der Waals surface area contributed by atoms with Crippen LogP contribution in [0.3, 0.4) is 0 Å². The summed E-state index contributed by atoms with van der Waals surface area (Å²) in [6, 6.07) is 7.34. The Morgan fingerprint density at radius 1 is 1.24 bits per heavy atom. The summed E-state index contributed by atoms with van der Waals surface area (Å²) in [6.07, 6.45) is -1.70. The molecule has 4 aromatic rings. The first-order valence-electron chi connectivity index (χ1n) is 11.8. The molecular weight excluding hydrogens is 569 g/mol. The molecule has 4 rings (SSSR count). The van der Waals surface area contributed by atoms with Gasteiger partial charge in [0.15, 0.2) is 16.7 Å². The van der Waals surface area contributed by atoms with Crippen LogP contribution >= 0.6 is 11.8 Å². The number of amides is 1. The maximum Gasteiger partial charge on any atom is 0.435 e. The minimum Gasteiger partial charge on any atom is -0.496 e. The number of rotatable bonds is 11. The molecule has 0 saturated carbocycles. The van der Waals surface area contributed by atoms with E-state index in [0.29, 0.717) is 28.6 Å². The highest BCUT2D eigenvalue weighted by Gasteiger charge is 2.35. The third kappa shape index (κ3) is 6.89. The number of ether oxygens (including phenoxy) is 1. The average molecular weight is 593 g/mol. The predicted octanol–water partition coefficient (Wildman–Crippen LogP) is 3.12. The fraction of sp³-hybridized carbons (Fsp3) is 0.304. The van der Waals surface area contributed by atoms with Gasteiger partial charge in [-0.2, -0.15) is 28.1 Å². The molecule has 216 valence electrons. The number of carbonyl (C=O) groups is 1. The first kappa shape index (κ1) is 29.2. The zero-order chi connectivity index (χ0) is 29.7. The van der Waals surface area contributed by atoms with E-state index in [1.165, 1.54) is 37.3 Å². The first-order chi connectivity index (χ1) is 19.5. The first-order valence-corrected chi connectivity index (χ1v) is 12.8. The molecule has 0 radical (unpaired) electrons. The van der Waals surface area contributed by atoms with E-state index in [-0.39, 0.29) is 29.6 Å². The molecule has 1 amide bonds. The zero-order valence-corrected chi connectivity index (χ0v) is 22.7. The molecule has 3 heterocycles. The standard InChI is InChI=1S/C23H23F3N10O4S/c1-4-35-21(16-10-18(23(24,25)26)31-33(16)2)29-30-22(35)41-13-20(37)28-27-11-14-5-6-17(40-3)15(9-14)12-34-8-7-19(32-34)36(38)39/h5-11H,4,12-13H2,1-3H3,(H,28,37)/b27-11+. The number of carbonyl (C=O) groups excluding carboxylic acids is 1. The number of methoxy groups -OCH3 is 1. The van der Waals surface area contributed by atoms with Crippen LogP contribution in [0.2, 0.25) is 0 Å². The van der Waals surface area contributed by atoms with Gasteiger partial charge in [0.1, 0.15) is 11.4 Å². The maximum atomic E-state index is 13.1. The molecule has 1 N–H and O–H groups in total. The molecule has 18 heteroatoms. The van der Waals surface area contributed by atoms with Gasteiger partial charge in [-0.1, -0.05) is 11.8 Å². The molecule has 0 aliphatic rings. The van der Waals surface area contributed by atoms with Gasteiger partial charge in [-0.05, 0) is 41.7 Å². The quantitative estimate of drug-likeness (QED) is 0.119. The van der Waals surface area contributed by atoms with Crippen LogP contribution in [0.1, 0.15) is 23.7 Å². The minimum absolute atomic E-state index is 0.0827. The average Bonchev–Trinajstić information content (AvgIpc) is 3.65. The highest BCUT2D eigenvalue weighted by molar-refractivity contribution is 7.99. The Morgan fingerprint density at radius 2 is 2.02 bits per heavy atom. The summed E-state index contributed by atoms with van der Waals surface area (Å²) in [5.74, 6) is -0.0697. The van der Waals surface area contributed by atoms with Crippen LogP contribution in [0.4, 0.5) is 19.0 Å². The van der Waals surface area contributed by atoms with Crippen LogP contribution in [0.5, 0.6) is 5.75 Å². The van der Waals surface area contributed by atoms with Gasteiger partial charge in [-0.15, -0.1) is 10.2 Å². The highest BCUT2D eigenvalue weighted by atomic mass is 32.2. The van der Waals surface area contributed by atoms with Crippen molar-refractivity contribution in [3.05, 3.63) is 63.5 Å². The number of nitro groups is 1. The summed E-state index contributed by atoms with van der Waals surface area (Å²) in [4.78, 5) is 22.7. The van der Waals surface area contributed by atoms with Crippen LogP contribution in [0, 0.1) is 10.1 Å². The largest absolute Gasteiger partial charge is 0.496 e. The van der Waals surface area contributed by atoms with Crippen molar-refractivity contribution in [1.82, 2.24) is 39.8 Å². The molecular formula is C23H23F3N10O4S. The van der Waals surface area contributed by atoms with Crippen LogP contribution in [-0.4, -0.2) is 64.2 Å².